The van der Waals surface area contributed by atoms with Crippen LogP contribution in [0.2, 0.25) is 0 Å². The van der Waals surface area contributed by atoms with Crippen LogP contribution < -0.4 is 5.73 Å². The highest BCUT2D eigenvalue weighted by Crippen LogP contribution is 2.45. The first kappa shape index (κ1) is 24.4. The van der Waals surface area contributed by atoms with Crippen LogP contribution in [-0.2, 0) is 19.1 Å². The van der Waals surface area contributed by atoms with Gasteiger partial charge in [0.25, 0.3) is 5.69 Å². The number of benzene rings is 1. The first-order chi connectivity index (χ1) is 14.8. The number of allylic oxidation sites excluding steroid dienone is 1. The third-order valence-corrected chi connectivity index (χ3v) is 5.97. The molecule has 9 nitrogen and oxygen atoms in total. The second kappa shape index (κ2) is 11.0. The van der Waals surface area contributed by atoms with E-state index in [4.69, 9.17) is 15.2 Å². The quantitative estimate of drug-likeness (QED) is 0.344. The number of nitrogens with two attached hydrogens (primary N) is 1. The minimum atomic E-state index is -0.880. The summed E-state index contributed by atoms with van der Waals surface area (Å²) < 4.78 is 10.6. The average Bonchev–Trinajstić information content (AvgIpc) is 2.74. The van der Waals surface area contributed by atoms with Gasteiger partial charge in [0.05, 0.1) is 40.2 Å². The van der Waals surface area contributed by atoms with Crippen molar-refractivity contribution >= 4 is 29.4 Å². The maximum absolute atomic E-state index is 13.1. The molecule has 0 spiro atoms. The molecule has 10 heteroatoms. The molecule has 0 fully saturated rings. The van der Waals surface area contributed by atoms with E-state index in [1.54, 1.807) is 38.8 Å². The number of carbonyl (C=O) groups is 2. The molecule has 0 aliphatic carbocycles. The van der Waals surface area contributed by atoms with Gasteiger partial charge in [-0.1, -0.05) is 12.1 Å². The zero-order valence-corrected chi connectivity index (χ0v) is 18.9. The van der Waals surface area contributed by atoms with Crippen molar-refractivity contribution < 1.29 is 24.0 Å². The number of esters is 2. The van der Waals surface area contributed by atoms with Crippen LogP contribution in [-0.4, -0.2) is 54.3 Å². The Morgan fingerprint density at radius 3 is 2.35 bits per heavy atom. The van der Waals surface area contributed by atoms with E-state index < -0.39 is 22.8 Å². The Bertz CT molecular complexity index is 927. The van der Waals surface area contributed by atoms with Gasteiger partial charge in [0.2, 0.25) is 0 Å². The van der Waals surface area contributed by atoms with Gasteiger partial charge in [-0.25, -0.2) is 9.59 Å². The van der Waals surface area contributed by atoms with Gasteiger partial charge in [0, 0.05) is 37.2 Å². The van der Waals surface area contributed by atoms with Crippen molar-refractivity contribution in [2.45, 2.75) is 26.7 Å². The molecule has 1 aromatic carbocycles. The number of hydrogen-bond donors (Lipinski definition) is 1. The van der Waals surface area contributed by atoms with Crippen molar-refractivity contribution in [3.05, 3.63) is 61.8 Å². The third kappa shape index (κ3) is 5.26. The smallest absolute Gasteiger partial charge is 0.337 e. The first-order valence-electron chi connectivity index (χ1n) is 9.88. The maximum atomic E-state index is 13.1. The van der Waals surface area contributed by atoms with Crippen LogP contribution in [0.1, 0.15) is 32.3 Å². The van der Waals surface area contributed by atoms with Crippen LogP contribution in [0.15, 0.2) is 46.1 Å². The van der Waals surface area contributed by atoms with Gasteiger partial charge in [0.15, 0.2) is 0 Å². The van der Waals surface area contributed by atoms with Crippen LogP contribution in [0, 0.1) is 10.1 Å². The summed E-state index contributed by atoms with van der Waals surface area (Å²) >= 11 is 1.37. The summed E-state index contributed by atoms with van der Waals surface area (Å²) in [5, 5.41) is 12.0. The number of nitro benzene ring substituents is 1. The Morgan fingerprint density at radius 1 is 1.19 bits per heavy atom. The number of non-ortho nitro benzene ring substituents is 1. The lowest BCUT2D eigenvalue weighted by Gasteiger charge is -2.36. The van der Waals surface area contributed by atoms with Crippen LogP contribution in [0.3, 0.4) is 0 Å². The lowest BCUT2D eigenvalue weighted by atomic mass is 9.81. The summed E-state index contributed by atoms with van der Waals surface area (Å²) in [4.78, 5) is 38.6. The van der Waals surface area contributed by atoms with E-state index in [2.05, 4.69) is 0 Å². The fraction of sp³-hybridized carbons (Fsp3) is 0.429. The number of hydrogen-bond acceptors (Lipinski definition) is 9. The second-order valence-corrected chi connectivity index (χ2v) is 7.72. The monoisotopic (exact) mass is 449 g/mol. The highest BCUT2D eigenvalue weighted by atomic mass is 32.2. The standard InChI is InChI=1S/C21H27N3O6S/c1-5-29-20(25)16-13(3)23(4)19(31-11-10-22)18(21(26)30-6-2)17(16)14-8-7-9-15(12-14)24(27)28/h7-9,12,17H,5-6,10-11,22H2,1-4H3. The average molecular weight is 450 g/mol. The van der Waals surface area contributed by atoms with E-state index in [0.29, 0.717) is 28.6 Å². The van der Waals surface area contributed by atoms with Crippen molar-refractivity contribution in [2.75, 3.05) is 32.6 Å². The molecule has 0 amide bonds. The van der Waals surface area contributed by atoms with Crippen LogP contribution in [0.25, 0.3) is 0 Å². The number of nitro groups is 1. The van der Waals surface area contributed by atoms with E-state index >= 15 is 0 Å². The Morgan fingerprint density at radius 2 is 1.81 bits per heavy atom. The highest BCUT2D eigenvalue weighted by molar-refractivity contribution is 8.03. The van der Waals surface area contributed by atoms with Gasteiger partial charge < -0.3 is 20.1 Å². The number of ether oxygens (including phenoxy) is 2. The number of thioether (sulfide) groups is 1. The topological polar surface area (TPSA) is 125 Å². The van der Waals surface area contributed by atoms with Crippen molar-refractivity contribution in [1.82, 2.24) is 4.90 Å². The van der Waals surface area contributed by atoms with Crippen molar-refractivity contribution in [2.24, 2.45) is 5.73 Å². The predicted molar refractivity (Wildman–Crippen MR) is 118 cm³/mol. The third-order valence-electron chi connectivity index (χ3n) is 4.77. The van der Waals surface area contributed by atoms with E-state index in [0.717, 1.165) is 0 Å². The second-order valence-electron chi connectivity index (χ2n) is 6.64. The molecule has 2 rings (SSSR count). The molecule has 0 radical (unpaired) electrons. The summed E-state index contributed by atoms with van der Waals surface area (Å²) in [6.45, 7) is 5.80. The van der Waals surface area contributed by atoms with E-state index in [-0.39, 0.29) is 30.0 Å². The number of rotatable bonds is 9. The summed E-state index contributed by atoms with van der Waals surface area (Å²) in [6, 6.07) is 5.91. The molecular weight excluding hydrogens is 422 g/mol. The molecule has 1 aromatic rings. The minimum Gasteiger partial charge on any atom is -0.463 e. The molecule has 0 aromatic heterocycles. The molecule has 1 atom stereocenters. The molecule has 0 saturated heterocycles. The molecule has 1 aliphatic rings. The molecule has 31 heavy (non-hydrogen) atoms. The van der Waals surface area contributed by atoms with Gasteiger partial charge in [-0.2, -0.15) is 0 Å². The molecule has 0 saturated carbocycles. The van der Waals surface area contributed by atoms with E-state index in [1.807, 2.05) is 0 Å². The Hall–Kier alpha value is -2.85. The lowest BCUT2D eigenvalue weighted by Crippen LogP contribution is -2.34. The Balaban J connectivity index is 2.82. The SMILES string of the molecule is CCOC(=O)C1=C(C)N(C)C(SCCN)=C(C(=O)OCC)C1c1cccc([N+](=O)[O-])c1. The van der Waals surface area contributed by atoms with Crippen molar-refractivity contribution in [1.29, 1.82) is 0 Å². The van der Waals surface area contributed by atoms with E-state index in [9.17, 15) is 19.7 Å². The largest absolute Gasteiger partial charge is 0.463 e. The molecule has 0 bridgehead atoms. The Kier molecular flexibility index (Phi) is 8.64. The lowest BCUT2D eigenvalue weighted by molar-refractivity contribution is -0.384. The van der Waals surface area contributed by atoms with Crippen LogP contribution >= 0.6 is 11.8 Å². The first-order valence-corrected chi connectivity index (χ1v) is 10.9. The fourth-order valence-corrected chi connectivity index (χ4v) is 4.36. The highest BCUT2D eigenvalue weighted by Gasteiger charge is 2.41. The summed E-state index contributed by atoms with van der Waals surface area (Å²) in [5.74, 6) is -1.53. The maximum Gasteiger partial charge on any atom is 0.337 e. The van der Waals surface area contributed by atoms with Gasteiger partial charge in [0.1, 0.15) is 0 Å². The fourth-order valence-electron chi connectivity index (χ4n) is 3.36. The van der Waals surface area contributed by atoms with Gasteiger partial charge >= 0.3 is 11.9 Å². The molecule has 168 valence electrons. The molecule has 1 aliphatic heterocycles. The number of carbonyl (C=O) groups excluding carboxylic acids is 2. The van der Waals surface area contributed by atoms with Crippen LogP contribution in [0.5, 0.6) is 0 Å². The van der Waals surface area contributed by atoms with Gasteiger partial charge in [-0.15, -0.1) is 11.8 Å². The van der Waals surface area contributed by atoms with E-state index in [1.165, 1.54) is 30.0 Å². The minimum absolute atomic E-state index is 0.139. The van der Waals surface area contributed by atoms with Gasteiger partial charge in [-0.05, 0) is 26.3 Å². The summed E-state index contributed by atoms with van der Waals surface area (Å²) in [7, 11) is 1.75. The predicted octanol–water partition coefficient (Wildman–Crippen LogP) is 2.93. The summed E-state index contributed by atoms with van der Waals surface area (Å²) in [5.41, 5.74) is 7.03. The molecule has 2 N–H and O–H groups in total. The Labute approximate surface area is 185 Å². The van der Waals surface area contributed by atoms with Crippen molar-refractivity contribution in [3.8, 4) is 0 Å². The van der Waals surface area contributed by atoms with Gasteiger partial charge in [-0.3, -0.25) is 10.1 Å². The number of nitrogens with zero attached hydrogens (tertiary/aromatic N) is 2. The molecular formula is C21H27N3O6S. The van der Waals surface area contributed by atoms with Crippen LogP contribution in [0.4, 0.5) is 5.69 Å². The van der Waals surface area contributed by atoms with Crippen molar-refractivity contribution in [3.63, 3.8) is 0 Å². The zero-order valence-electron chi connectivity index (χ0n) is 18.0. The molecule has 1 heterocycles. The zero-order chi connectivity index (χ0) is 23.1. The normalized spacial score (nSPS) is 16.4. The summed E-state index contributed by atoms with van der Waals surface area (Å²) in [6.07, 6.45) is 0. The molecule has 1 unspecified atom stereocenters.